The molecule has 12 heteroatoms. The average molecular weight is 604 g/mol. The number of carbonyl (C=O) groups excluding carboxylic acids is 2. The molecule has 3 aromatic carbocycles. The molecule has 11 nitrogen and oxygen atoms in total. The number of nitrogens with one attached hydrogen (secondary N) is 1. The van der Waals surface area contributed by atoms with Gasteiger partial charge in [-0.2, -0.15) is 0 Å². The molecule has 1 aliphatic carbocycles. The van der Waals surface area contributed by atoms with Gasteiger partial charge in [-0.15, -0.1) is 0 Å². The van der Waals surface area contributed by atoms with Crippen molar-refractivity contribution < 1.29 is 37.0 Å². The Morgan fingerprint density at radius 2 is 1.63 bits per heavy atom. The second kappa shape index (κ2) is 12.1. The van der Waals surface area contributed by atoms with Crippen LogP contribution in [0.1, 0.15) is 33.6 Å². The van der Waals surface area contributed by atoms with Crippen LogP contribution in [0.15, 0.2) is 65.6 Å². The number of allylic oxidation sites excluding steroid dienone is 1. The lowest BCUT2D eigenvalue weighted by molar-refractivity contribution is -0.119. The summed E-state index contributed by atoms with van der Waals surface area (Å²) in [4.78, 5) is 30.8. The van der Waals surface area contributed by atoms with Gasteiger partial charge >= 0.3 is 5.97 Å². The summed E-state index contributed by atoms with van der Waals surface area (Å²) in [6.07, 6.45) is 3.16. The topological polar surface area (TPSA) is 156 Å². The zero-order valence-electron chi connectivity index (χ0n) is 23.7. The van der Waals surface area contributed by atoms with Crippen LogP contribution in [0.2, 0.25) is 0 Å². The molecule has 43 heavy (non-hydrogen) atoms. The van der Waals surface area contributed by atoms with E-state index in [-0.39, 0.29) is 4.90 Å². The first-order valence-corrected chi connectivity index (χ1v) is 14.7. The maximum Gasteiger partial charge on any atom is 0.339 e. The Bertz CT molecular complexity index is 1840. The highest BCUT2D eigenvalue weighted by Crippen LogP contribution is 2.41. The second-order valence-electron chi connectivity index (χ2n) is 9.65. The van der Waals surface area contributed by atoms with Crippen molar-refractivity contribution in [2.75, 3.05) is 33.3 Å². The van der Waals surface area contributed by atoms with Crippen molar-refractivity contribution in [3.05, 3.63) is 83.0 Å². The van der Waals surface area contributed by atoms with Gasteiger partial charge in [0.1, 0.15) is 0 Å². The number of anilines is 1. The number of primary sulfonamides is 1. The molecule has 0 bridgehead atoms. The zero-order valence-corrected chi connectivity index (χ0v) is 24.5. The molecule has 0 spiro atoms. The van der Waals surface area contributed by atoms with Gasteiger partial charge in [-0.1, -0.05) is 18.2 Å². The molecule has 0 fully saturated rings. The van der Waals surface area contributed by atoms with E-state index in [1.54, 1.807) is 27.4 Å². The number of aromatic nitrogens is 1. The Kier molecular flexibility index (Phi) is 8.33. The summed E-state index contributed by atoms with van der Waals surface area (Å²) in [5, 5.41) is 8.31. The quantitative estimate of drug-likeness (QED) is 0.268. The van der Waals surface area contributed by atoms with Gasteiger partial charge in [0, 0.05) is 11.1 Å². The molecule has 0 saturated heterocycles. The normalized spacial score (nSPS) is 13.4. The van der Waals surface area contributed by atoms with Crippen LogP contribution in [0.25, 0.3) is 22.6 Å². The molecular formula is C31H29N3O8S. The number of benzene rings is 3. The Morgan fingerprint density at radius 3 is 2.26 bits per heavy atom. The van der Waals surface area contributed by atoms with Gasteiger partial charge in [0.25, 0.3) is 5.91 Å². The molecule has 0 atom stereocenters. The minimum Gasteiger partial charge on any atom is -0.493 e. The van der Waals surface area contributed by atoms with Gasteiger partial charge in [-0.3, -0.25) is 4.79 Å². The maximum absolute atomic E-state index is 13.5. The van der Waals surface area contributed by atoms with Crippen molar-refractivity contribution >= 4 is 50.1 Å². The lowest BCUT2D eigenvalue weighted by Crippen LogP contribution is -2.22. The van der Waals surface area contributed by atoms with Crippen LogP contribution < -0.4 is 24.7 Å². The van der Waals surface area contributed by atoms with E-state index in [0.717, 1.165) is 16.7 Å². The van der Waals surface area contributed by atoms with Gasteiger partial charge in [0.15, 0.2) is 18.1 Å². The summed E-state index contributed by atoms with van der Waals surface area (Å²) in [7, 11) is 0.780. The van der Waals surface area contributed by atoms with Crippen molar-refractivity contribution in [2.24, 2.45) is 5.14 Å². The van der Waals surface area contributed by atoms with Gasteiger partial charge in [0.05, 0.1) is 43.0 Å². The molecule has 1 heterocycles. The van der Waals surface area contributed by atoms with Crippen LogP contribution in [0.3, 0.4) is 0 Å². The smallest absolute Gasteiger partial charge is 0.339 e. The molecule has 1 aliphatic rings. The number of hydrogen-bond donors (Lipinski definition) is 2. The van der Waals surface area contributed by atoms with Crippen LogP contribution in [-0.2, 0) is 26.0 Å². The summed E-state index contributed by atoms with van der Waals surface area (Å²) < 4.78 is 44.8. The van der Waals surface area contributed by atoms with Crippen molar-refractivity contribution in [3.8, 4) is 17.2 Å². The largest absolute Gasteiger partial charge is 0.493 e. The number of amides is 1. The fourth-order valence-corrected chi connectivity index (χ4v) is 5.54. The van der Waals surface area contributed by atoms with Crippen LogP contribution in [0.5, 0.6) is 17.2 Å². The van der Waals surface area contributed by atoms with Crippen LogP contribution in [0.4, 0.5) is 5.69 Å². The van der Waals surface area contributed by atoms with E-state index in [4.69, 9.17) is 29.1 Å². The van der Waals surface area contributed by atoms with Crippen molar-refractivity contribution in [2.45, 2.75) is 17.7 Å². The molecule has 3 N–H and O–H groups in total. The predicted octanol–water partition coefficient (Wildman–Crippen LogP) is 4.19. The number of fused-ring (bicyclic) bond motifs is 2. The van der Waals surface area contributed by atoms with E-state index < -0.39 is 28.5 Å². The summed E-state index contributed by atoms with van der Waals surface area (Å²) in [5.41, 5.74) is 4.45. The highest BCUT2D eigenvalue weighted by atomic mass is 32.2. The van der Waals surface area contributed by atoms with Crippen LogP contribution in [0, 0.1) is 0 Å². The number of nitrogens with two attached hydrogens (primary N) is 1. The number of rotatable bonds is 9. The van der Waals surface area contributed by atoms with E-state index in [1.165, 1.54) is 24.3 Å². The van der Waals surface area contributed by atoms with Crippen molar-refractivity contribution in [1.29, 1.82) is 0 Å². The molecule has 1 aromatic heterocycles. The highest BCUT2D eigenvalue weighted by Gasteiger charge is 2.28. The molecule has 222 valence electrons. The lowest BCUT2D eigenvalue weighted by atomic mass is 10.0. The van der Waals surface area contributed by atoms with Crippen LogP contribution in [-0.4, -0.2) is 53.2 Å². The number of sulfonamides is 1. The molecule has 0 aliphatic heterocycles. The highest BCUT2D eigenvalue weighted by molar-refractivity contribution is 7.89. The number of ether oxygens (including phenoxy) is 4. The van der Waals surface area contributed by atoms with E-state index in [2.05, 4.69) is 5.32 Å². The van der Waals surface area contributed by atoms with E-state index >= 15 is 0 Å². The Hall–Kier alpha value is -4.94. The first-order chi connectivity index (χ1) is 20.6. The summed E-state index contributed by atoms with van der Waals surface area (Å²) in [6.45, 7) is -0.546. The maximum atomic E-state index is 13.5. The van der Waals surface area contributed by atoms with Crippen LogP contribution >= 0.6 is 0 Å². The molecule has 1 amide bonds. The molecule has 0 unspecified atom stereocenters. The predicted molar refractivity (Wildman–Crippen MR) is 161 cm³/mol. The molecule has 0 saturated carbocycles. The average Bonchev–Trinajstić information content (AvgIpc) is 3.39. The standard InChI is InChI=1S/C31H29N3O8S/c1-39-25-15-18(16-26(40-2)30(25)41-3)14-19-8-13-23-28(22-6-4-5-7-24(22)34-29(19)23)31(36)42-17-27(35)33-20-9-11-21(12-10-20)43(32,37)38/h4-7,9-12,14-16H,8,13,17H2,1-3H3,(H,33,35)(H2,32,37,38)/b19-14+. The fraction of sp³-hybridized carbons (Fsp3) is 0.194. The Morgan fingerprint density at radius 1 is 0.953 bits per heavy atom. The summed E-state index contributed by atoms with van der Waals surface area (Å²) in [6, 6.07) is 16.3. The van der Waals surface area contributed by atoms with Crippen molar-refractivity contribution in [3.63, 3.8) is 0 Å². The molecule has 5 rings (SSSR count). The SMILES string of the molecule is COc1cc(/C=C2\CCc3c2nc2ccccc2c3C(=O)OCC(=O)Nc2ccc(S(N)(=O)=O)cc2)cc(OC)c1OC. The van der Waals surface area contributed by atoms with E-state index in [9.17, 15) is 18.0 Å². The third kappa shape index (κ3) is 6.15. The van der Waals surface area contributed by atoms with Gasteiger partial charge in [-0.05, 0) is 78.1 Å². The lowest BCUT2D eigenvalue weighted by Gasteiger charge is -2.14. The monoisotopic (exact) mass is 603 g/mol. The zero-order chi connectivity index (χ0) is 30.7. The minimum absolute atomic E-state index is 0.0889. The minimum atomic E-state index is -3.86. The Balaban J connectivity index is 1.42. The first-order valence-electron chi connectivity index (χ1n) is 13.1. The number of hydrogen-bond acceptors (Lipinski definition) is 9. The number of esters is 1. The van der Waals surface area contributed by atoms with Gasteiger partial charge in [-0.25, -0.2) is 23.3 Å². The fourth-order valence-electron chi connectivity index (χ4n) is 5.03. The summed E-state index contributed by atoms with van der Waals surface area (Å²) >= 11 is 0. The second-order valence-corrected chi connectivity index (χ2v) is 11.2. The van der Waals surface area contributed by atoms with Crippen molar-refractivity contribution in [1.82, 2.24) is 4.98 Å². The van der Waals surface area contributed by atoms with Gasteiger partial charge in [0.2, 0.25) is 15.8 Å². The molecular weight excluding hydrogens is 574 g/mol. The number of methoxy groups -OCH3 is 3. The van der Waals surface area contributed by atoms with E-state index in [0.29, 0.717) is 57.9 Å². The number of pyridine rings is 1. The number of carbonyl (C=O) groups is 2. The number of para-hydroxylation sites is 1. The third-order valence-electron chi connectivity index (χ3n) is 6.97. The molecule has 0 radical (unpaired) electrons. The van der Waals surface area contributed by atoms with Gasteiger partial charge < -0.3 is 24.3 Å². The third-order valence-corrected chi connectivity index (χ3v) is 7.90. The molecule has 4 aromatic rings. The summed E-state index contributed by atoms with van der Waals surface area (Å²) in [5.74, 6) is 0.276. The number of nitrogens with zero attached hydrogens (tertiary/aromatic N) is 1. The first kappa shape index (κ1) is 29.5. The van der Waals surface area contributed by atoms with E-state index in [1.807, 2.05) is 36.4 Å². The Labute approximate surface area is 248 Å².